The molecule has 0 aromatic heterocycles. The average molecular weight is 239 g/mol. The van der Waals surface area contributed by atoms with Gasteiger partial charge in [-0.1, -0.05) is 13.8 Å². The van der Waals surface area contributed by atoms with E-state index in [1.165, 1.54) is 12.1 Å². The van der Waals surface area contributed by atoms with Crippen molar-refractivity contribution in [1.29, 1.82) is 0 Å². The second kappa shape index (κ2) is 8.07. The third kappa shape index (κ3) is 5.68. The van der Waals surface area contributed by atoms with Gasteiger partial charge in [0.1, 0.15) is 11.6 Å². The lowest BCUT2D eigenvalue weighted by Gasteiger charge is -2.15. The molecule has 0 aliphatic rings. The van der Waals surface area contributed by atoms with Crippen LogP contribution in [-0.4, -0.2) is 19.2 Å². The fourth-order valence-corrected chi connectivity index (χ4v) is 1.79. The summed E-state index contributed by atoms with van der Waals surface area (Å²) in [4.78, 5) is 0. The average Bonchev–Trinajstić information content (AvgIpc) is 2.35. The smallest absolute Gasteiger partial charge is 0.123 e. The minimum atomic E-state index is -0.226. The molecular formula is C14H22FNO. The highest BCUT2D eigenvalue weighted by atomic mass is 19.1. The van der Waals surface area contributed by atoms with Crippen LogP contribution in [0.2, 0.25) is 0 Å². The van der Waals surface area contributed by atoms with Gasteiger partial charge in [-0.15, -0.1) is 0 Å². The molecule has 0 bridgehead atoms. The standard InChI is InChI=1S/C14H22FNO/c1-3-13(16-4-2)6-5-11-17-14-9-7-12(15)8-10-14/h7-10,13,16H,3-6,11H2,1-2H3. The van der Waals surface area contributed by atoms with Crippen molar-refractivity contribution in [2.75, 3.05) is 13.2 Å². The van der Waals surface area contributed by atoms with Gasteiger partial charge in [-0.2, -0.15) is 0 Å². The number of rotatable bonds is 8. The van der Waals surface area contributed by atoms with Crippen LogP contribution in [0.5, 0.6) is 5.75 Å². The zero-order valence-corrected chi connectivity index (χ0v) is 10.7. The van der Waals surface area contributed by atoms with E-state index in [-0.39, 0.29) is 5.82 Å². The van der Waals surface area contributed by atoms with E-state index in [0.717, 1.165) is 31.6 Å². The van der Waals surface area contributed by atoms with Crippen LogP contribution in [0.15, 0.2) is 24.3 Å². The number of hydrogen-bond acceptors (Lipinski definition) is 2. The SMILES string of the molecule is CCNC(CC)CCCOc1ccc(F)cc1. The van der Waals surface area contributed by atoms with Crippen LogP contribution in [0.1, 0.15) is 33.1 Å². The van der Waals surface area contributed by atoms with Gasteiger partial charge in [0, 0.05) is 6.04 Å². The lowest BCUT2D eigenvalue weighted by atomic mass is 10.1. The number of nitrogens with one attached hydrogen (secondary N) is 1. The predicted molar refractivity (Wildman–Crippen MR) is 68.9 cm³/mol. The van der Waals surface area contributed by atoms with Gasteiger partial charge in [0.05, 0.1) is 6.61 Å². The first-order chi connectivity index (χ1) is 8.26. The Morgan fingerprint density at radius 2 is 1.94 bits per heavy atom. The Labute approximate surface area is 103 Å². The first-order valence-corrected chi connectivity index (χ1v) is 6.38. The predicted octanol–water partition coefficient (Wildman–Crippen LogP) is 3.37. The van der Waals surface area contributed by atoms with Crippen LogP contribution in [0.25, 0.3) is 0 Å². The second-order valence-electron chi connectivity index (χ2n) is 4.11. The largest absolute Gasteiger partial charge is 0.494 e. The third-order valence-electron chi connectivity index (χ3n) is 2.76. The summed E-state index contributed by atoms with van der Waals surface area (Å²) in [6, 6.07) is 6.75. The van der Waals surface area contributed by atoms with E-state index in [4.69, 9.17) is 4.74 Å². The van der Waals surface area contributed by atoms with Crippen LogP contribution in [-0.2, 0) is 0 Å². The highest BCUT2D eigenvalue weighted by molar-refractivity contribution is 5.21. The molecular weight excluding hydrogens is 217 g/mol. The van der Waals surface area contributed by atoms with Gasteiger partial charge in [-0.05, 0) is 50.1 Å². The molecule has 0 saturated heterocycles. The quantitative estimate of drug-likeness (QED) is 0.702. The Balaban J connectivity index is 2.17. The minimum absolute atomic E-state index is 0.226. The molecule has 0 aliphatic carbocycles. The van der Waals surface area contributed by atoms with Crippen LogP contribution in [0.3, 0.4) is 0 Å². The Kier molecular flexibility index (Phi) is 6.63. The van der Waals surface area contributed by atoms with Crippen molar-refractivity contribution in [1.82, 2.24) is 5.32 Å². The Hall–Kier alpha value is -1.09. The van der Waals surface area contributed by atoms with Gasteiger partial charge in [0.15, 0.2) is 0 Å². The topological polar surface area (TPSA) is 21.3 Å². The van der Waals surface area contributed by atoms with Crippen LogP contribution < -0.4 is 10.1 Å². The van der Waals surface area contributed by atoms with Gasteiger partial charge >= 0.3 is 0 Å². The summed E-state index contributed by atoms with van der Waals surface area (Å²) in [5, 5.41) is 3.43. The van der Waals surface area contributed by atoms with Crippen molar-refractivity contribution in [3.63, 3.8) is 0 Å². The number of benzene rings is 1. The molecule has 1 N–H and O–H groups in total. The van der Waals surface area contributed by atoms with Crippen molar-refractivity contribution in [3.05, 3.63) is 30.1 Å². The lowest BCUT2D eigenvalue weighted by molar-refractivity contribution is 0.294. The van der Waals surface area contributed by atoms with Crippen molar-refractivity contribution < 1.29 is 9.13 Å². The Morgan fingerprint density at radius 1 is 1.24 bits per heavy atom. The molecule has 0 saturated carbocycles. The number of halogens is 1. The maximum Gasteiger partial charge on any atom is 0.123 e. The van der Waals surface area contributed by atoms with Gasteiger partial charge < -0.3 is 10.1 Å². The van der Waals surface area contributed by atoms with Gasteiger partial charge in [-0.3, -0.25) is 0 Å². The van der Waals surface area contributed by atoms with E-state index in [0.29, 0.717) is 12.6 Å². The summed E-state index contributed by atoms with van der Waals surface area (Å²) in [5.41, 5.74) is 0. The maximum atomic E-state index is 12.6. The Bertz CT molecular complexity index is 300. The molecule has 17 heavy (non-hydrogen) atoms. The highest BCUT2D eigenvalue weighted by Gasteiger charge is 2.03. The van der Waals surface area contributed by atoms with E-state index in [9.17, 15) is 4.39 Å². The molecule has 0 radical (unpaired) electrons. The summed E-state index contributed by atoms with van der Waals surface area (Å²) in [6.07, 6.45) is 3.28. The summed E-state index contributed by atoms with van der Waals surface area (Å²) in [6.45, 7) is 6.01. The molecule has 1 rings (SSSR count). The molecule has 1 aromatic carbocycles. The van der Waals surface area contributed by atoms with E-state index in [2.05, 4.69) is 19.2 Å². The van der Waals surface area contributed by atoms with E-state index in [1.807, 2.05) is 0 Å². The molecule has 0 heterocycles. The molecule has 2 nitrogen and oxygen atoms in total. The fraction of sp³-hybridized carbons (Fsp3) is 0.571. The van der Waals surface area contributed by atoms with Crippen LogP contribution in [0, 0.1) is 5.82 Å². The molecule has 1 unspecified atom stereocenters. The van der Waals surface area contributed by atoms with Crippen LogP contribution >= 0.6 is 0 Å². The van der Waals surface area contributed by atoms with E-state index < -0.39 is 0 Å². The molecule has 96 valence electrons. The van der Waals surface area contributed by atoms with E-state index in [1.54, 1.807) is 12.1 Å². The van der Waals surface area contributed by atoms with Gasteiger partial charge in [0.2, 0.25) is 0 Å². The molecule has 1 atom stereocenters. The van der Waals surface area contributed by atoms with Crippen molar-refractivity contribution in [2.45, 2.75) is 39.2 Å². The summed E-state index contributed by atoms with van der Waals surface area (Å²) >= 11 is 0. The summed E-state index contributed by atoms with van der Waals surface area (Å²) in [5.74, 6) is 0.512. The molecule has 0 aliphatic heterocycles. The van der Waals surface area contributed by atoms with Crippen molar-refractivity contribution >= 4 is 0 Å². The van der Waals surface area contributed by atoms with Gasteiger partial charge in [0.25, 0.3) is 0 Å². The lowest BCUT2D eigenvalue weighted by Crippen LogP contribution is -2.28. The molecule has 3 heteroatoms. The van der Waals surface area contributed by atoms with E-state index >= 15 is 0 Å². The number of ether oxygens (including phenoxy) is 1. The minimum Gasteiger partial charge on any atom is -0.494 e. The summed E-state index contributed by atoms with van der Waals surface area (Å²) in [7, 11) is 0. The summed E-state index contributed by atoms with van der Waals surface area (Å²) < 4.78 is 18.2. The zero-order valence-electron chi connectivity index (χ0n) is 10.7. The fourth-order valence-electron chi connectivity index (χ4n) is 1.79. The maximum absolute atomic E-state index is 12.6. The molecule has 0 spiro atoms. The first kappa shape index (κ1) is 14.0. The molecule has 0 amide bonds. The molecule has 1 aromatic rings. The molecule has 0 fully saturated rings. The normalized spacial score (nSPS) is 12.4. The third-order valence-corrected chi connectivity index (χ3v) is 2.76. The highest BCUT2D eigenvalue weighted by Crippen LogP contribution is 2.12. The van der Waals surface area contributed by atoms with Crippen molar-refractivity contribution in [3.8, 4) is 5.75 Å². The van der Waals surface area contributed by atoms with Crippen molar-refractivity contribution in [2.24, 2.45) is 0 Å². The van der Waals surface area contributed by atoms with Gasteiger partial charge in [-0.25, -0.2) is 4.39 Å². The second-order valence-corrected chi connectivity index (χ2v) is 4.11. The first-order valence-electron chi connectivity index (χ1n) is 6.38. The number of hydrogen-bond donors (Lipinski definition) is 1. The zero-order chi connectivity index (χ0) is 12.5. The van der Waals surface area contributed by atoms with Crippen LogP contribution in [0.4, 0.5) is 4.39 Å². The Morgan fingerprint density at radius 3 is 2.53 bits per heavy atom. The monoisotopic (exact) mass is 239 g/mol.